The summed E-state index contributed by atoms with van der Waals surface area (Å²) in [6.45, 7) is 1.64. The molecule has 0 radical (unpaired) electrons. The van der Waals surface area contributed by atoms with Gasteiger partial charge >= 0.3 is 5.97 Å². The summed E-state index contributed by atoms with van der Waals surface area (Å²) in [6, 6.07) is 21.9. The topological polar surface area (TPSA) is 146 Å². The zero-order valence-electron chi connectivity index (χ0n) is 20.8. The highest BCUT2D eigenvalue weighted by atomic mass is 16.6. The predicted octanol–water partition coefficient (Wildman–Crippen LogP) is 4.97. The number of amides is 1. The Labute approximate surface area is 222 Å². The van der Waals surface area contributed by atoms with Gasteiger partial charge in [-0.25, -0.2) is 4.79 Å². The first-order chi connectivity index (χ1) is 19.0. The van der Waals surface area contributed by atoms with Crippen molar-refractivity contribution >= 4 is 11.9 Å². The van der Waals surface area contributed by atoms with Crippen molar-refractivity contribution in [3.05, 3.63) is 95.9 Å². The number of esters is 1. The van der Waals surface area contributed by atoms with E-state index < -0.39 is 12.1 Å². The molecule has 0 bridgehead atoms. The van der Waals surface area contributed by atoms with Crippen molar-refractivity contribution in [1.82, 2.24) is 25.8 Å². The van der Waals surface area contributed by atoms with Crippen LogP contribution in [0.1, 0.15) is 64.5 Å². The number of carbonyl (C=O) groups excluding carboxylic acids is 2. The minimum absolute atomic E-state index is 0.0110. The average molecular weight is 526 g/mol. The van der Waals surface area contributed by atoms with Crippen molar-refractivity contribution in [3.63, 3.8) is 0 Å². The van der Waals surface area contributed by atoms with Crippen LogP contribution in [0.2, 0.25) is 0 Å². The molecule has 1 atom stereocenters. The maximum absolute atomic E-state index is 12.6. The van der Waals surface area contributed by atoms with Crippen molar-refractivity contribution in [2.45, 2.75) is 37.8 Å². The standard InChI is InChI=1S/C28H23N5O6/c1-16(36-28(35)22-15-24(38-32-22)18-10-6-3-7-11-18)27-30-25(33-39-27)19-12-20(13-19)29-26(34)21-14-23(37-31-21)17-8-4-2-5-9-17/h2-11,14-16,19-20H,12-13H2,1H3,(H,29,34)/t16-,19?,20?/m1/s1. The number of hydrogen-bond acceptors (Lipinski definition) is 10. The van der Waals surface area contributed by atoms with Crippen LogP contribution in [0, 0.1) is 0 Å². The fraction of sp³-hybridized carbons (Fsp3) is 0.214. The van der Waals surface area contributed by atoms with E-state index in [1.165, 1.54) is 6.07 Å². The molecule has 1 aliphatic rings. The summed E-state index contributed by atoms with van der Waals surface area (Å²) in [5, 5.41) is 14.7. The Morgan fingerprint density at radius 3 is 2.08 bits per heavy atom. The lowest BCUT2D eigenvalue weighted by Gasteiger charge is -2.33. The molecule has 39 heavy (non-hydrogen) atoms. The van der Waals surface area contributed by atoms with Crippen molar-refractivity contribution in [3.8, 4) is 22.6 Å². The molecule has 3 heterocycles. The fourth-order valence-corrected chi connectivity index (χ4v) is 4.29. The normalized spacial score (nSPS) is 17.3. The molecular weight excluding hydrogens is 502 g/mol. The van der Waals surface area contributed by atoms with Gasteiger partial charge in [0.15, 0.2) is 34.8 Å². The van der Waals surface area contributed by atoms with E-state index in [0.717, 1.165) is 11.1 Å². The van der Waals surface area contributed by atoms with E-state index in [2.05, 4.69) is 25.8 Å². The first-order valence-corrected chi connectivity index (χ1v) is 12.4. The molecule has 0 saturated heterocycles. The van der Waals surface area contributed by atoms with Crippen molar-refractivity contribution in [1.29, 1.82) is 0 Å². The molecule has 1 amide bonds. The average Bonchev–Trinajstić information content (AvgIpc) is 3.72. The Kier molecular flexibility index (Phi) is 6.45. The van der Waals surface area contributed by atoms with Gasteiger partial charge in [-0.2, -0.15) is 4.98 Å². The predicted molar refractivity (Wildman–Crippen MR) is 135 cm³/mol. The molecule has 6 rings (SSSR count). The van der Waals surface area contributed by atoms with Gasteiger partial charge in [-0.3, -0.25) is 4.79 Å². The number of hydrogen-bond donors (Lipinski definition) is 1. The summed E-state index contributed by atoms with van der Waals surface area (Å²) in [7, 11) is 0. The molecule has 3 aromatic heterocycles. The number of carbonyl (C=O) groups is 2. The second-order valence-corrected chi connectivity index (χ2v) is 9.26. The minimum atomic E-state index is -0.780. The van der Waals surface area contributed by atoms with E-state index in [9.17, 15) is 9.59 Å². The number of rotatable bonds is 8. The maximum Gasteiger partial charge on any atom is 0.361 e. The number of aromatic nitrogens is 4. The summed E-state index contributed by atoms with van der Waals surface area (Å²) in [4.78, 5) is 29.5. The third kappa shape index (κ3) is 5.19. The zero-order chi connectivity index (χ0) is 26.8. The molecule has 1 N–H and O–H groups in total. The van der Waals surface area contributed by atoms with Crippen LogP contribution >= 0.6 is 0 Å². The van der Waals surface area contributed by atoms with Gasteiger partial charge in [-0.05, 0) is 19.8 Å². The molecule has 1 saturated carbocycles. The van der Waals surface area contributed by atoms with E-state index >= 15 is 0 Å². The van der Waals surface area contributed by atoms with E-state index in [0.29, 0.717) is 30.2 Å². The van der Waals surface area contributed by atoms with Crippen LogP contribution in [-0.4, -0.2) is 38.4 Å². The fourth-order valence-electron chi connectivity index (χ4n) is 4.29. The molecule has 1 fully saturated rings. The van der Waals surface area contributed by atoms with Gasteiger partial charge in [-0.1, -0.05) is 76.1 Å². The Bertz CT molecular complexity index is 1590. The van der Waals surface area contributed by atoms with Crippen molar-refractivity contribution in [2.24, 2.45) is 0 Å². The summed E-state index contributed by atoms with van der Waals surface area (Å²) in [5.74, 6) is 0.707. The second kappa shape index (κ2) is 10.4. The summed E-state index contributed by atoms with van der Waals surface area (Å²) in [5.41, 5.74) is 1.91. The summed E-state index contributed by atoms with van der Waals surface area (Å²) < 4.78 is 21.3. The Balaban J connectivity index is 0.999. The number of ether oxygens (including phenoxy) is 1. The molecule has 2 aromatic carbocycles. The largest absolute Gasteiger partial charge is 0.448 e. The summed E-state index contributed by atoms with van der Waals surface area (Å²) >= 11 is 0. The van der Waals surface area contributed by atoms with Crippen LogP contribution in [0.25, 0.3) is 22.6 Å². The number of nitrogens with zero attached hydrogens (tertiary/aromatic N) is 4. The molecule has 196 valence electrons. The zero-order valence-corrected chi connectivity index (χ0v) is 20.8. The van der Waals surface area contributed by atoms with Gasteiger partial charge in [0, 0.05) is 35.2 Å². The molecule has 5 aromatic rings. The maximum atomic E-state index is 12.6. The lowest BCUT2D eigenvalue weighted by atomic mass is 9.79. The van der Waals surface area contributed by atoms with Crippen molar-refractivity contribution < 1.29 is 27.9 Å². The molecule has 0 unspecified atom stereocenters. The smallest absolute Gasteiger partial charge is 0.361 e. The highest BCUT2D eigenvalue weighted by Gasteiger charge is 2.36. The van der Waals surface area contributed by atoms with E-state index in [1.54, 1.807) is 13.0 Å². The van der Waals surface area contributed by atoms with E-state index in [1.807, 2.05) is 60.7 Å². The van der Waals surface area contributed by atoms with Gasteiger partial charge < -0.3 is 23.6 Å². The lowest BCUT2D eigenvalue weighted by Crippen LogP contribution is -2.43. The molecule has 11 heteroatoms. The molecule has 11 nitrogen and oxygen atoms in total. The Morgan fingerprint density at radius 1 is 0.846 bits per heavy atom. The van der Waals surface area contributed by atoms with Crippen LogP contribution in [-0.2, 0) is 4.74 Å². The molecule has 0 aliphatic heterocycles. The third-order valence-corrected chi connectivity index (χ3v) is 6.51. The minimum Gasteiger partial charge on any atom is -0.448 e. The Hall–Kier alpha value is -5.06. The molecule has 1 aliphatic carbocycles. The monoisotopic (exact) mass is 525 g/mol. The Morgan fingerprint density at radius 2 is 1.44 bits per heavy atom. The van der Waals surface area contributed by atoms with Crippen LogP contribution < -0.4 is 5.32 Å². The highest BCUT2D eigenvalue weighted by molar-refractivity contribution is 5.93. The lowest BCUT2D eigenvalue weighted by molar-refractivity contribution is 0.0254. The van der Waals surface area contributed by atoms with Gasteiger partial charge in [0.05, 0.1) is 0 Å². The number of nitrogens with one attached hydrogen (secondary N) is 1. The van der Waals surface area contributed by atoms with Gasteiger partial charge in [-0.15, -0.1) is 0 Å². The SMILES string of the molecule is C[C@@H](OC(=O)c1cc(-c2ccccc2)on1)c1nc(C2CC(NC(=O)c3cc(-c4ccccc4)on3)C2)no1. The number of benzene rings is 2. The first kappa shape index (κ1) is 24.3. The van der Waals surface area contributed by atoms with E-state index in [-0.39, 0.29) is 35.1 Å². The van der Waals surface area contributed by atoms with Crippen LogP contribution in [0.15, 0.2) is 86.4 Å². The van der Waals surface area contributed by atoms with E-state index in [4.69, 9.17) is 18.3 Å². The molecule has 0 spiro atoms. The first-order valence-electron chi connectivity index (χ1n) is 12.4. The molecular formula is C28H23N5O6. The summed E-state index contributed by atoms with van der Waals surface area (Å²) in [6.07, 6.45) is 0.504. The van der Waals surface area contributed by atoms with Crippen LogP contribution in [0.4, 0.5) is 0 Å². The van der Waals surface area contributed by atoms with Crippen molar-refractivity contribution in [2.75, 3.05) is 0 Å². The second-order valence-electron chi connectivity index (χ2n) is 9.26. The van der Waals surface area contributed by atoms with Gasteiger partial charge in [0.1, 0.15) is 0 Å². The van der Waals surface area contributed by atoms with Crippen LogP contribution in [0.3, 0.4) is 0 Å². The quantitative estimate of drug-likeness (QED) is 0.275. The van der Waals surface area contributed by atoms with Gasteiger partial charge in [0.2, 0.25) is 0 Å². The highest BCUT2D eigenvalue weighted by Crippen LogP contribution is 2.36. The van der Waals surface area contributed by atoms with Gasteiger partial charge in [0.25, 0.3) is 11.8 Å². The van der Waals surface area contributed by atoms with Crippen LogP contribution in [0.5, 0.6) is 0 Å². The third-order valence-electron chi connectivity index (χ3n) is 6.51.